The van der Waals surface area contributed by atoms with Crippen LogP contribution in [0.1, 0.15) is 23.2 Å². The molecular weight excluding hydrogens is 268 g/mol. The molecule has 1 fully saturated rings. The van der Waals surface area contributed by atoms with Crippen molar-refractivity contribution in [1.29, 1.82) is 0 Å². The first-order valence-corrected chi connectivity index (χ1v) is 7.19. The summed E-state index contributed by atoms with van der Waals surface area (Å²) in [6.07, 6.45) is 2.53. The highest BCUT2D eigenvalue weighted by Gasteiger charge is 2.21. The molecule has 5 nitrogen and oxygen atoms in total. The Kier molecular flexibility index (Phi) is 4.01. The lowest BCUT2D eigenvalue weighted by molar-refractivity contribution is 0.0697. The third-order valence-electron chi connectivity index (χ3n) is 3.54. The van der Waals surface area contributed by atoms with Crippen LogP contribution < -0.4 is 5.32 Å². The third-order valence-corrected chi connectivity index (χ3v) is 3.54. The van der Waals surface area contributed by atoms with E-state index in [1.807, 2.05) is 24.3 Å². The van der Waals surface area contributed by atoms with Gasteiger partial charge in [0.2, 0.25) is 0 Å². The van der Waals surface area contributed by atoms with Crippen LogP contribution in [0.5, 0.6) is 0 Å². The number of hydrogen-bond acceptors (Lipinski definition) is 4. The molecule has 2 aromatic rings. The number of aromatic nitrogens is 1. The molecule has 0 aliphatic heterocycles. The predicted molar refractivity (Wildman–Crippen MR) is 80.7 cm³/mol. The Hall–Kier alpha value is -2.14. The van der Waals surface area contributed by atoms with Crippen LogP contribution in [0.3, 0.4) is 0 Å². The van der Waals surface area contributed by atoms with E-state index in [1.165, 1.54) is 12.8 Å². The fourth-order valence-corrected chi connectivity index (χ4v) is 2.19. The molecule has 110 valence electrons. The van der Waals surface area contributed by atoms with Gasteiger partial charge in [0.15, 0.2) is 0 Å². The van der Waals surface area contributed by atoms with Crippen molar-refractivity contribution >= 4 is 22.7 Å². The third kappa shape index (κ3) is 3.49. The number of hydrogen-bond donors (Lipinski definition) is 2. The minimum atomic E-state index is -0.977. The van der Waals surface area contributed by atoms with Gasteiger partial charge in [0.1, 0.15) is 11.4 Å². The number of pyridine rings is 1. The number of benzene rings is 1. The smallest absolute Gasteiger partial charge is 0.339 e. The number of fused-ring (bicyclic) bond motifs is 1. The van der Waals surface area contributed by atoms with Gasteiger partial charge in [0, 0.05) is 18.5 Å². The standard InChI is InChI=1S/C16H18N2O3/c19-16(20)13-9-12-3-1-2-4-14(12)18-15(13)17-7-8-21-10-11-5-6-11/h1-4,9,11H,5-8,10H2,(H,17,18)(H,19,20). The van der Waals surface area contributed by atoms with Crippen molar-refractivity contribution in [3.63, 3.8) is 0 Å². The van der Waals surface area contributed by atoms with E-state index in [-0.39, 0.29) is 5.56 Å². The molecular formula is C16H18N2O3. The highest BCUT2D eigenvalue weighted by Crippen LogP contribution is 2.28. The average molecular weight is 286 g/mol. The minimum absolute atomic E-state index is 0.191. The highest BCUT2D eigenvalue weighted by molar-refractivity contribution is 5.98. The van der Waals surface area contributed by atoms with Crippen molar-refractivity contribution < 1.29 is 14.6 Å². The summed E-state index contributed by atoms with van der Waals surface area (Å²) in [5.74, 6) is 0.157. The van der Waals surface area contributed by atoms with E-state index < -0.39 is 5.97 Å². The summed E-state index contributed by atoms with van der Waals surface area (Å²) < 4.78 is 5.53. The SMILES string of the molecule is O=C(O)c1cc2ccccc2nc1NCCOCC1CC1. The van der Waals surface area contributed by atoms with Gasteiger partial charge in [-0.15, -0.1) is 0 Å². The molecule has 5 heteroatoms. The summed E-state index contributed by atoms with van der Waals surface area (Å²) in [4.78, 5) is 15.7. The van der Waals surface area contributed by atoms with E-state index in [4.69, 9.17) is 4.74 Å². The lowest BCUT2D eigenvalue weighted by Crippen LogP contribution is -2.14. The van der Waals surface area contributed by atoms with Gasteiger partial charge in [-0.1, -0.05) is 18.2 Å². The van der Waals surface area contributed by atoms with Gasteiger partial charge in [-0.05, 0) is 30.9 Å². The molecule has 0 unspecified atom stereocenters. The first kappa shape index (κ1) is 13.8. The number of carboxylic acids is 1. The molecule has 21 heavy (non-hydrogen) atoms. The molecule has 3 rings (SSSR count). The number of para-hydroxylation sites is 1. The number of nitrogens with one attached hydrogen (secondary N) is 1. The van der Waals surface area contributed by atoms with E-state index in [0.717, 1.165) is 23.4 Å². The van der Waals surface area contributed by atoms with Gasteiger partial charge in [0.05, 0.1) is 12.1 Å². The average Bonchev–Trinajstić information content (AvgIpc) is 3.30. The van der Waals surface area contributed by atoms with Crippen molar-refractivity contribution in [2.24, 2.45) is 5.92 Å². The second kappa shape index (κ2) is 6.10. The molecule has 0 bridgehead atoms. The summed E-state index contributed by atoms with van der Waals surface area (Å²) in [5.41, 5.74) is 0.972. The molecule has 1 heterocycles. The topological polar surface area (TPSA) is 71.5 Å². The van der Waals surface area contributed by atoms with Crippen LogP contribution in [0.4, 0.5) is 5.82 Å². The van der Waals surface area contributed by atoms with E-state index in [1.54, 1.807) is 6.07 Å². The molecule has 1 aliphatic rings. The van der Waals surface area contributed by atoms with Crippen molar-refractivity contribution in [3.8, 4) is 0 Å². The molecule has 0 saturated heterocycles. The Morgan fingerprint density at radius 1 is 1.38 bits per heavy atom. The van der Waals surface area contributed by atoms with Gasteiger partial charge in [-0.2, -0.15) is 0 Å². The first-order valence-electron chi connectivity index (χ1n) is 7.19. The molecule has 0 radical (unpaired) electrons. The van der Waals surface area contributed by atoms with Gasteiger partial charge in [-0.3, -0.25) is 0 Å². The largest absolute Gasteiger partial charge is 0.478 e. The normalized spacial score (nSPS) is 14.3. The molecule has 0 spiro atoms. The monoisotopic (exact) mass is 286 g/mol. The number of ether oxygens (including phenoxy) is 1. The fourth-order valence-electron chi connectivity index (χ4n) is 2.19. The lowest BCUT2D eigenvalue weighted by Gasteiger charge is -2.10. The second-order valence-electron chi connectivity index (χ2n) is 5.33. The molecule has 1 aromatic carbocycles. The maximum Gasteiger partial charge on any atom is 0.339 e. The fraction of sp³-hybridized carbons (Fsp3) is 0.375. The van der Waals surface area contributed by atoms with Crippen molar-refractivity contribution in [2.45, 2.75) is 12.8 Å². The van der Waals surface area contributed by atoms with Crippen LogP contribution in [0.25, 0.3) is 10.9 Å². The highest BCUT2D eigenvalue weighted by atomic mass is 16.5. The molecule has 1 saturated carbocycles. The maximum absolute atomic E-state index is 11.3. The van der Waals surface area contributed by atoms with Crippen LogP contribution >= 0.6 is 0 Å². The summed E-state index contributed by atoms with van der Waals surface area (Å²) in [6.45, 7) is 1.92. The molecule has 1 aromatic heterocycles. The van der Waals surface area contributed by atoms with Crippen molar-refractivity contribution in [3.05, 3.63) is 35.9 Å². The Morgan fingerprint density at radius 2 is 2.19 bits per heavy atom. The zero-order valence-electron chi connectivity index (χ0n) is 11.7. The van der Waals surface area contributed by atoms with Crippen LogP contribution in [-0.4, -0.2) is 35.8 Å². The van der Waals surface area contributed by atoms with Crippen molar-refractivity contribution in [2.75, 3.05) is 25.1 Å². The lowest BCUT2D eigenvalue weighted by atomic mass is 10.1. The Morgan fingerprint density at radius 3 is 2.95 bits per heavy atom. The summed E-state index contributed by atoms with van der Waals surface area (Å²) in [5, 5.41) is 13.2. The first-order chi connectivity index (χ1) is 10.2. The van der Waals surface area contributed by atoms with E-state index in [2.05, 4.69) is 10.3 Å². The summed E-state index contributed by atoms with van der Waals surface area (Å²) in [7, 11) is 0. The molecule has 1 aliphatic carbocycles. The number of aromatic carboxylic acids is 1. The minimum Gasteiger partial charge on any atom is -0.478 e. The number of rotatable bonds is 7. The Labute approximate surface area is 123 Å². The van der Waals surface area contributed by atoms with Gasteiger partial charge < -0.3 is 15.2 Å². The quantitative estimate of drug-likeness (QED) is 0.766. The molecule has 0 amide bonds. The van der Waals surface area contributed by atoms with E-state index in [0.29, 0.717) is 19.0 Å². The summed E-state index contributed by atoms with van der Waals surface area (Å²) >= 11 is 0. The predicted octanol–water partition coefficient (Wildman–Crippen LogP) is 2.77. The zero-order valence-corrected chi connectivity index (χ0v) is 11.7. The van der Waals surface area contributed by atoms with Crippen LogP contribution in [-0.2, 0) is 4.74 Å². The van der Waals surface area contributed by atoms with Crippen LogP contribution in [0, 0.1) is 5.92 Å². The Bertz CT molecular complexity index is 653. The molecule has 0 atom stereocenters. The van der Waals surface area contributed by atoms with Gasteiger partial charge in [0.25, 0.3) is 0 Å². The van der Waals surface area contributed by atoms with Gasteiger partial charge >= 0.3 is 5.97 Å². The number of anilines is 1. The Balaban J connectivity index is 1.69. The second-order valence-corrected chi connectivity index (χ2v) is 5.33. The number of nitrogens with zero attached hydrogens (tertiary/aromatic N) is 1. The van der Waals surface area contributed by atoms with Crippen LogP contribution in [0.15, 0.2) is 30.3 Å². The maximum atomic E-state index is 11.3. The number of carboxylic acid groups (broad SMARTS) is 1. The number of carbonyl (C=O) groups is 1. The summed E-state index contributed by atoms with van der Waals surface area (Å²) in [6, 6.07) is 9.14. The van der Waals surface area contributed by atoms with Crippen molar-refractivity contribution in [1.82, 2.24) is 4.98 Å². The van der Waals surface area contributed by atoms with Crippen LogP contribution in [0.2, 0.25) is 0 Å². The molecule has 2 N–H and O–H groups in total. The zero-order chi connectivity index (χ0) is 14.7. The van der Waals surface area contributed by atoms with Gasteiger partial charge in [-0.25, -0.2) is 9.78 Å². The van der Waals surface area contributed by atoms with E-state index in [9.17, 15) is 9.90 Å². The van der Waals surface area contributed by atoms with E-state index >= 15 is 0 Å².